The number of aryl methyl sites for hydroxylation is 1. The molecule has 0 radical (unpaired) electrons. The van der Waals surface area contributed by atoms with Crippen LogP contribution in [-0.2, 0) is 16.0 Å². The van der Waals surface area contributed by atoms with Crippen molar-refractivity contribution in [2.75, 3.05) is 18.6 Å². The van der Waals surface area contributed by atoms with Crippen molar-refractivity contribution in [2.24, 2.45) is 5.73 Å². The van der Waals surface area contributed by atoms with E-state index in [2.05, 4.69) is 0 Å². The molecule has 0 aromatic heterocycles. The van der Waals surface area contributed by atoms with Gasteiger partial charge in [0.2, 0.25) is 0 Å². The number of nitrogens with two attached hydrogens (primary N) is 1. The van der Waals surface area contributed by atoms with Gasteiger partial charge in [-0.15, -0.1) is 0 Å². The van der Waals surface area contributed by atoms with Gasteiger partial charge >= 0.3 is 11.8 Å². The van der Waals surface area contributed by atoms with Crippen LogP contribution in [0.1, 0.15) is 12.0 Å². The molecule has 2 rings (SSSR count). The van der Waals surface area contributed by atoms with Gasteiger partial charge in [0.25, 0.3) is 0 Å². The van der Waals surface area contributed by atoms with Crippen molar-refractivity contribution in [3.8, 4) is 5.75 Å². The van der Waals surface area contributed by atoms with E-state index in [4.69, 9.17) is 10.5 Å². The van der Waals surface area contributed by atoms with Crippen LogP contribution >= 0.6 is 0 Å². The van der Waals surface area contributed by atoms with E-state index in [1.165, 1.54) is 11.9 Å². The second-order valence-electron chi connectivity index (χ2n) is 3.97. The standard InChI is InChI=1S/C12H14N2O3/c1-14(12(16)11(13)15)9-4-5-10-8(7-9)3-2-6-17-10/h4-5,7H,2-3,6H2,1H3,(H2,13,15). The average Bonchev–Trinajstić information content (AvgIpc) is 2.36. The molecule has 0 bridgehead atoms. The summed E-state index contributed by atoms with van der Waals surface area (Å²) in [6, 6.07) is 5.41. The van der Waals surface area contributed by atoms with Gasteiger partial charge < -0.3 is 15.4 Å². The molecule has 17 heavy (non-hydrogen) atoms. The van der Waals surface area contributed by atoms with Crippen LogP contribution in [-0.4, -0.2) is 25.5 Å². The van der Waals surface area contributed by atoms with Crippen LogP contribution in [0.25, 0.3) is 0 Å². The van der Waals surface area contributed by atoms with Crippen LogP contribution in [0.3, 0.4) is 0 Å². The molecular weight excluding hydrogens is 220 g/mol. The number of ether oxygens (including phenoxy) is 1. The van der Waals surface area contributed by atoms with Crippen LogP contribution in [0, 0.1) is 0 Å². The zero-order valence-electron chi connectivity index (χ0n) is 9.60. The first-order valence-electron chi connectivity index (χ1n) is 5.43. The molecule has 0 spiro atoms. The number of hydrogen-bond acceptors (Lipinski definition) is 3. The lowest BCUT2D eigenvalue weighted by molar-refractivity contribution is -0.135. The summed E-state index contributed by atoms with van der Waals surface area (Å²) in [5, 5.41) is 0. The summed E-state index contributed by atoms with van der Waals surface area (Å²) in [6.45, 7) is 0.725. The maximum Gasteiger partial charge on any atom is 0.315 e. The van der Waals surface area contributed by atoms with Gasteiger partial charge in [-0.05, 0) is 36.6 Å². The van der Waals surface area contributed by atoms with Crippen molar-refractivity contribution in [1.29, 1.82) is 0 Å². The van der Waals surface area contributed by atoms with Gasteiger partial charge in [0.15, 0.2) is 0 Å². The average molecular weight is 234 g/mol. The molecule has 2 N–H and O–H groups in total. The molecule has 5 heteroatoms. The van der Waals surface area contributed by atoms with Gasteiger partial charge in [0.1, 0.15) is 5.75 Å². The SMILES string of the molecule is CN(C(=O)C(N)=O)c1ccc2c(c1)CCCO2. The van der Waals surface area contributed by atoms with E-state index in [1.54, 1.807) is 6.07 Å². The van der Waals surface area contributed by atoms with Crippen molar-refractivity contribution < 1.29 is 14.3 Å². The molecule has 1 aliphatic heterocycles. The highest BCUT2D eigenvalue weighted by molar-refractivity contribution is 6.39. The van der Waals surface area contributed by atoms with Crippen LogP contribution in [0.15, 0.2) is 18.2 Å². The fraction of sp³-hybridized carbons (Fsp3) is 0.333. The smallest absolute Gasteiger partial charge is 0.315 e. The maximum atomic E-state index is 11.4. The topological polar surface area (TPSA) is 72.6 Å². The van der Waals surface area contributed by atoms with E-state index >= 15 is 0 Å². The van der Waals surface area contributed by atoms with E-state index < -0.39 is 11.8 Å². The summed E-state index contributed by atoms with van der Waals surface area (Å²) in [5.74, 6) is -0.830. The molecule has 0 saturated heterocycles. The zero-order valence-corrected chi connectivity index (χ0v) is 9.60. The minimum atomic E-state index is -0.957. The third kappa shape index (κ3) is 2.22. The number of likely N-dealkylation sites (N-methyl/N-ethyl adjacent to an activating group) is 1. The summed E-state index contributed by atoms with van der Waals surface area (Å²) in [6.07, 6.45) is 1.88. The van der Waals surface area contributed by atoms with Gasteiger partial charge in [0, 0.05) is 12.7 Å². The lowest BCUT2D eigenvalue weighted by Gasteiger charge is -2.21. The number of fused-ring (bicyclic) bond motifs is 1. The van der Waals surface area contributed by atoms with Gasteiger partial charge in [-0.3, -0.25) is 9.59 Å². The second kappa shape index (κ2) is 4.45. The third-order valence-corrected chi connectivity index (χ3v) is 2.79. The minimum Gasteiger partial charge on any atom is -0.493 e. The first kappa shape index (κ1) is 11.4. The molecule has 1 aromatic carbocycles. The van der Waals surface area contributed by atoms with Gasteiger partial charge in [-0.2, -0.15) is 0 Å². The maximum absolute atomic E-state index is 11.4. The Labute approximate surface area is 99.2 Å². The summed E-state index contributed by atoms with van der Waals surface area (Å²) in [7, 11) is 1.53. The normalized spacial score (nSPS) is 13.5. The highest BCUT2D eigenvalue weighted by atomic mass is 16.5. The Hall–Kier alpha value is -2.04. The van der Waals surface area contributed by atoms with Crippen molar-refractivity contribution in [2.45, 2.75) is 12.8 Å². The number of primary amides is 1. The lowest BCUT2D eigenvalue weighted by atomic mass is 10.1. The summed E-state index contributed by atoms with van der Waals surface area (Å²) in [5.41, 5.74) is 6.66. The van der Waals surface area contributed by atoms with Crippen LogP contribution in [0.5, 0.6) is 5.75 Å². The van der Waals surface area contributed by atoms with Gasteiger partial charge in [-0.25, -0.2) is 0 Å². The van der Waals surface area contributed by atoms with E-state index in [0.29, 0.717) is 5.69 Å². The molecule has 1 aromatic rings. The third-order valence-electron chi connectivity index (χ3n) is 2.79. The first-order chi connectivity index (χ1) is 8.09. The molecule has 0 atom stereocenters. The number of benzene rings is 1. The quantitative estimate of drug-likeness (QED) is 0.717. The Bertz CT molecular complexity index is 471. The van der Waals surface area contributed by atoms with E-state index in [1.807, 2.05) is 12.1 Å². The molecule has 5 nitrogen and oxygen atoms in total. The van der Waals surface area contributed by atoms with E-state index in [9.17, 15) is 9.59 Å². The molecule has 1 aliphatic rings. The number of nitrogens with zero attached hydrogens (tertiary/aromatic N) is 1. The van der Waals surface area contributed by atoms with E-state index in [-0.39, 0.29) is 0 Å². The predicted molar refractivity (Wildman–Crippen MR) is 62.9 cm³/mol. The van der Waals surface area contributed by atoms with Crippen LogP contribution in [0.2, 0.25) is 0 Å². The molecular formula is C12H14N2O3. The number of rotatable bonds is 1. The van der Waals surface area contributed by atoms with Crippen molar-refractivity contribution in [1.82, 2.24) is 0 Å². The molecule has 90 valence electrons. The predicted octanol–water partition coefficient (Wildman–Crippen LogP) is 0.460. The first-order valence-corrected chi connectivity index (χ1v) is 5.43. The Morgan fingerprint density at radius 2 is 2.18 bits per heavy atom. The van der Waals surface area contributed by atoms with Crippen molar-refractivity contribution >= 4 is 17.5 Å². The highest BCUT2D eigenvalue weighted by Crippen LogP contribution is 2.28. The molecule has 0 fully saturated rings. The fourth-order valence-electron chi connectivity index (χ4n) is 1.84. The number of amides is 2. The number of carbonyl (C=O) groups is 2. The van der Waals surface area contributed by atoms with Crippen molar-refractivity contribution in [3.05, 3.63) is 23.8 Å². The Morgan fingerprint density at radius 1 is 1.41 bits per heavy atom. The van der Waals surface area contributed by atoms with Crippen molar-refractivity contribution in [3.63, 3.8) is 0 Å². The molecule has 1 heterocycles. The summed E-state index contributed by atoms with van der Waals surface area (Å²) >= 11 is 0. The molecule has 2 amide bonds. The number of hydrogen-bond donors (Lipinski definition) is 1. The Kier molecular flexibility index (Phi) is 2.99. The summed E-state index contributed by atoms with van der Waals surface area (Å²) < 4.78 is 5.47. The Balaban J connectivity index is 2.27. The van der Waals surface area contributed by atoms with Crippen LogP contribution in [0.4, 0.5) is 5.69 Å². The minimum absolute atomic E-state index is 0.651. The number of anilines is 1. The van der Waals surface area contributed by atoms with Gasteiger partial charge in [-0.1, -0.05) is 0 Å². The largest absolute Gasteiger partial charge is 0.493 e. The molecule has 0 aliphatic carbocycles. The fourth-order valence-corrected chi connectivity index (χ4v) is 1.84. The lowest BCUT2D eigenvalue weighted by Crippen LogP contribution is -2.37. The van der Waals surface area contributed by atoms with Crippen LogP contribution < -0.4 is 15.4 Å². The Morgan fingerprint density at radius 3 is 2.88 bits per heavy atom. The number of carbonyl (C=O) groups excluding carboxylic acids is 2. The monoisotopic (exact) mass is 234 g/mol. The second-order valence-corrected chi connectivity index (χ2v) is 3.97. The van der Waals surface area contributed by atoms with Gasteiger partial charge in [0.05, 0.1) is 6.61 Å². The molecule has 0 unspecified atom stereocenters. The zero-order chi connectivity index (χ0) is 12.4. The summed E-state index contributed by atoms with van der Waals surface area (Å²) in [4.78, 5) is 23.5. The van der Waals surface area contributed by atoms with E-state index in [0.717, 1.165) is 30.8 Å². The highest BCUT2D eigenvalue weighted by Gasteiger charge is 2.18. The molecule has 0 saturated carbocycles.